The molecular formula is C26H28F3N5O4. The number of hydrogen-bond donors (Lipinski definition) is 2. The number of alkyl halides is 3. The van der Waals surface area contributed by atoms with E-state index in [1.54, 1.807) is 29.1 Å². The van der Waals surface area contributed by atoms with Crippen LogP contribution in [0.1, 0.15) is 29.3 Å². The van der Waals surface area contributed by atoms with Crippen molar-refractivity contribution >= 4 is 11.8 Å². The van der Waals surface area contributed by atoms with Gasteiger partial charge in [-0.25, -0.2) is 4.98 Å². The molecule has 3 unspecified atom stereocenters. The van der Waals surface area contributed by atoms with E-state index >= 15 is 0 Å². The van der Waals surface area contributed by atoms with Crippen molar-refractivity contribution in [1.29, 1.82) is 0 Å². The van der Waals surface area contributed by atoms with Crippen LogP contribution in [0.15, 0.2) is 55.0 Å². The van der Waals surface area contributed by atoms with E-state index in [-0.39, 0.29) is 35.7 Å². The number of carbonyl (C=O) groups excluding carboxylic acids is 2. The van der Waals surface area contributed by atoms with Crippen LogP contribution >= 0.6 is 0 Å². The van der Waals surface area contributed by atoms with Gasteiger partial charge in [-0.3, -0.25) is 9.59 Å². The van der Waals surface area contributed by atoms with Crippen LogP contribution in [0.2, 0.25) is 0 Å². The minimum atomic E-state index is -4.79. The molecule has 4 N–H and O–H groups in total. The predicted molar refractivity (Wildman–Crippen MR) is 132 cm³/mol. The number of amides is 2. The van der Waals surface area contributed by atoms with E-state index in [9.17, 15) is 22.8 Å². The van der Waals surface area contributed by atoms with Gasteiger partial charge in [-0.1, -0.05) is 19.1 Å². The van der Waals surface area contributed by atoms with Gasteiger partial charge in [0, 0.05) is 37.7 Å². The lowest BCUT2D eigenvalue weighted by Gasteiger charge is -2.41. The first kappa shape index (κ1) is 27.0. The molecule has 1 aliphatic rings. The Morgan fingerprint density at radius 3 is 2.47 bits per heavy atom. The molecule has 0 bridgehead atoms. The normalized spacial score (nSPS) is 19.7. The van der Waals surface area contributed by atoms with Crippen molar-refractivity contribution in [3.63, 3.8) is 0 Å². The molecule has 0 saturated carbocycles. The molecule has 3 aromatic rings. The summed E-state index contributed by atoms with van der Waals surface area (Å²) in [4.78, 5) is 30.9. The summed E-state index contributed by atoms with van der Waals surface area (Å²) in [6.07, 6.45) is -2.07. The van der Waals surface area contributed by atoms with Crippen LogP contribution in [0.25, 0.3) is 11.3 Å². The standard InChI is InChI=1S/C26H28F3N5O4/c1-15-12-34(24(35)9-16-3-6-18(7-4-16)38-26(27,28)29)23(30)11-22(15)37-21-8-5-17(10-19(21)25(31)36)20-13-33(2)14-32-20/h3-8,10,13-15,22-23H,9,11-12,30H2,1-2H3,(H2,31,36). The maximum absolute atomic E-state index is 12.9. The Morgan fingerprint density at radius 2 is 1.87 bits per heavy atom. The quantitative estimate of drug-likeness (QED) is 0.482. The Morgan fingerprint density at radius 1 is 1.16 bits per heavy atom. The topological polar surface area (TPSA) is 126 Å². The fraction of sp³-hybridized carbons (Fsp3) is 0.346. The molecule has 1 saturated heterocycles. The highest BCUT2D eigenvalue weighted by Crippen LogP contribution is 2.31. The van der Waals surface area contributed by atoms with Gasteiger partial charge in [-0.05, 0) is 35.9 Å². The molecular weight excluding hydrogens is 503 g/mol. The van der Waals surface area contributed by atoms with E-state index < -0.39 is 18.4 Å². The van der Waals surface area contributed by atoms with Crippen molar-refractivity contribution in [2.75, 3.05) is 6.54 Å². The van der Waals surface area contributed by atoms with Crippen LogP contribution in [0.5, 0.6) is 11.5 Å². The van der Waals surface area contributed by atoms with E-state index in [2.05, 4.69) is 9.72 Å². The highest BCUT2D eigenvalue weighted by Gasteiger charge is 2.36. The Kier molecular flexibility index (Phi) is 7.63. The molecule has 3 atom stereocenters. The van der Waals surface area contributed by atoms with Crippen LogP contribution in [0.4, 0.5) is 13.2 Å². The number of nitrogens with two attached hydrogens (primary N) is 2. The summed E-state index contributed by atoms with van der Waals surface area (Å²) in [5.74, 6) is -1.07. The molecule has 38 heavy (non-hydrogen) atoms. The van der Waals surface area contributed by atoms with E-state index in [4.69, 9.17) is 16.2 Å². The van der Waals surface area contributed by atoms with Crippen molar-refractivity contribution in [3.05, 3.63) is 66.1 Å². The molecule has 202 valence electrons. The molecule has 12 heteroatoms. The third-order valence-corrected chi connectivity index (χ3v) is 6.35. The summed E-state index contributed by atoms with van der Waals surface area (Å²) in [6.45, 7) is 2.21. The summed E-state index contributed by atoms with van der Waals surface area (Å²) in [7, 11) is 1.84. The van der Waals surface area contributed by atoms with E-state index in [1.807, 2.05) is 20.2 Å². The average Bonchev–Trinajstić information content (AvgIpc) is 3.27. The fourth-order valence-electron chi connectivity index (χ4n) is 4.41. The number of rotatable bonds is 7. The second-order valence-electron chi connectivity index (χ2n) is 9.35. The zero-order chi connectivity index (χ0) is 27.6. The van der Waals surface area contributed by atoms with Crippen LogP contribution in [0, 0.1) is 5.92 Å². The predicted octanol–water partition coefficient (Wildman–Crippen LogP) is 3.23. The number of halogens is 3. The number of piperidine rings is 1. The average molecular weight is 532 g/mol. The second-order valence-corrected chi connectivity index (χ2v) is 9.35. The van der Waals surface area contributed by atoms with Gasteiger partial charge >= 0.3 is 6.36 Å². The molecule has 1 aromatic heterocycles. The van der Waals surface area contributed by atoms with Gasteiger partial charge in [0.05, 0.1) is 30.2 Å². The van der Waals surface area contributed by atoms with Gasteiger partial charge < -0.3 is 30.4 Å². The number of likely N-dealkylation sites (tertiary alicyclic amines) is 1. The van der Waals surface area contributed by atoms with Crippen molar-refractivity contribution in [2.45, 2.75) is 38.4 Å². The first-order valence-corrected chi connectivity index (χ1v) is 11.9. The fourth-order valence-corrected chi connectivity index (χ4v) is 4.41. The molecule has 2 aromatic carbocycles. The number of aryl methyl sites for hydroxylation is 1. The molecule has 1 aliphatic heterocycles. The number of imidazole rings is 1. The molecule has 4 rings (SSSR count). The summed E-state index contributed by atoms with van der Waals surface area (Å²) < 4.78 is 48.9. The van der Waals surface area contributed by atoms with Crippen molar-refractivity contribution < 1.29 is 32.2 Å². The van der Waals surface area contributed by atoms with Crippen molar-refractivity contribution in [1.82, 2.24) is 14.5 Å². The molecule has 9 nitrogen and oxygen atoms in total. The number of primary amides is 1. The minimum absolute atomic E-state index is 0.0287. The Hall–Kier alpha value is -4.06. The third kappa shape index (κ3) is 6.43. The van der Waals surface area contributed by atoms with Crippen molar-refractivity contribution in [2.24, 2.45) is 24.4 Å². The molecule has 1 fully saturated rings. The lowest BCUT2D eigenvalue weighted by molar-refractivity contribution is -0.274. The van der Waals surface area contributed by atoms with Gasteiger partial charge in [0.25, 0.3) is 5.91 Å². The van der Waals surface area contributed by atoms with Crippen LogP contribution in [-0.2, 0) is 18.3 Å². The lowest BCUT2D eigenvalue weighted by Crippen LogP contribution is -2.56. The Labute approximate surface area is 217 Å². The van der Waals surface area contributed by atoms with Gasteiger partial charge in [0.2, 0.25) is 5.91 Å². The van der Waals surface area contributed by atoms with E-state index in [0.29, 0.717) is 30.0 Å². The number of hydrogen-bond acceptors (Lipinski definition) is 6. The lowest BCUT2D eigenvalue weighted by atomic mass is 9.93. The molecule has 0 aliphatic carbocycles. The number of nitrogens with zero attached hydrogens (tertiary/aromatic N) is 3. The summed E-state index contributed by atoms with van der Waals surface area (Å²) in [5.41, 5.74) is 14.1. The number of benzene rings is 2. The zero-order valence-electron chi connectivity index (χ0n) is 20.8. The Bertz CT molecular complexity index is 1310. The van der Waals surface area contributed by atoms with Crippen molar-refractivity contribution in [3.8, 4) is 22.8 Å². The van der Waals surface area contributed by atoms with Crippen LogP contribution in [-0.4, -0.2) is 51.4 Å². The van der Waals surface area contributed by atoms with Gasteiger partial charge in [0.15, 0.2) is 0 Å². The molecule has 0 spiro atoms. The second kappa shape index (κ2) is 10.7. The van der Waals surface area contributed by atoms with E-state index in [1.165, 1.54) is 17.0 Å². The summed E-state index contributed by atoms with van der Waals surface area (Å²) in [5, 5.41) is 0. The van der Waals surface area contributed by atoms with Gasteiger partial charge in [-0.2, -0.15) is 0 Å². The maximum atomic E-state index is 12.9. The number of ether oxygens (including phenoxy) is 2. The van der Waals surface area contributed by atoms with Crippen LogP contribution in [0.3, 0.4) is 0 Å². The molecule has 2 heterocycles. The maximum Gasteiger partial charge on any atom is 0.573 e. The van der Waals surface area contributed by atoms with Gasteiger partial charge in [0.1, 0.15) is 17.6 Å². The largest absolute Gasteiger partial charge is 0.573 e. The monoisotopic (exact) mass is 531 g/mol. The number of aromatic nitrogens is 2. The molecule has 2 amide bonds. The minimum Gasteiger partial charge on any atom is -0.489 e. The Balaban J connectivity index is 1.41. The van der Waals surface area contributed by atoms with Gasteiger partial charge in [-0.15, -0.1) is 13.2 Å². The zero-order valence-corrected chi connectivity index (χ0v) is 20.8. The first-order valence-electron chi connectivity index (χ1n) is 11.9. The number of carbonyl (C=O) groups is 2. The highest BCUT2D eigenvalue weighted by atomic mass is 19.4. The third-order valence-electron chi connectivity index (χ3n) is 6.35. The SMILES string of the molecule is CC1CN(C(=O)Cc2ccc(OC(F)(F)F)cc2)C(N)CC1Oc1ccc(-c2cn(C)cn2)cc1C(N)=O. The first-order chi connectivity index (χ1) is 17.9. The molecule has 0 radical (unpaired) electrons. The smallest absolute Gasteiger partial charge is 0.489 e. The van der Waals surface area contributed by atoms with E-state index in [0.717, 1.165) is 17.7 Å². The summed E-state index contributed by atoms with van der Waals surface area (Å²) >= 11 is 0. The highest BCUT2D eigenvalue weighted by molar-refractivity contribution is 5.97. The van der Waals surface area contributed by atoms with Crippen LogP contribution < -0.4 is 20.9 Å². The summed E-state index contributed by atoms with van der Waals surface area (Å²) in [6, 6.07) is 10.2.